The topological polar surface area (TPSA) is 96.9 Å². The van der Waals surface area contributed by atoms with Crippen molar-refractivity contribution in [3.8, 4) is 5.75 Å². The maximum atomic E-state index is 12.5. The van der Waals surface area contributed by atoms with E-state index in [-0.39, 0.29) is 10.8 Å². The van der Waals surface area contributed by atoms with Gasteiger partial charge in [0, 0.05) is 16.1 Å². The second-order valence-corrected chi connectivity index (χ2v) is 8.88. The Bertz CT molecular complexity index is 1140. The molecule has 1 heterocycles. The van der Waals surface area contributed by atoms with Gasteiger partial charge in [-0.3, -0.25) is 9.52 Å². The largest absolute Gasteiger partial charge is 0.494 e. The van der Waals surface area contributed by atoms with Gasteiger partial charge < -0.3 is 4.74 Å². The monoisotopic (exact) mass is 443 g/mol. The number of rotatable bonds is 8. The molecule has 0 bridgehead atoms. The van der Waals surface area contributed by atoms with Gasteiger partial charge in [-0.25, -0.2) is 13.8 Å². The van der Waals surface area contributed by atoms with Crippen molar-refractivity contribution in [1.29, 1.82) is 0 Å². The van der Waals surface area contributed by atoms with Gasteiger partial charge in [-0.2, -0.15) is 5.10 Å². The predicted molar refractivity (Wildman–Crippen MR) is 119 cm³/mol. The van der Waals surface area contributed by atoms with Gasteiger partial charge in [0.2, 0.25) is 0 Å². The molecule has 0 aliphatic carbocycles. The van der Waals surface area contributed by atoms with E-state index in [2.05, 4.69) is 15.2 Å². The lowest BCUT2D eigenvalue weighted by molar-refractivity contribution is 0.0955. The van der Waals surface area contributed by atoms with Crippen LogP contribution in [-0.2, 0) is 10.0 Å². The fraction of sp³-hybridized carbons (Fsp3) is 0.143. The third-order valence-corrected chi connectivity index (χ3v) is 6.44. The first kappa shape index (κ1) is 21.5. The number of amides is 1. The highest BCUT2D eigenvalue weighted by Gasteiger charge is 2.14. The summed E-state index contributed by atoms with van der Waals surface area (Å²) in [6, 6.07) is 14.2. The van der Waals surface area contributed by atoms with Crippen LogP contribution in [0.1, 0.15) is 27.7 Å². The summed E-state index contributed by atoms with van der Waals surface area (Å²) in [7, 11) is -3.75. The number of hydrazone groups is 1. The van der Waals surface area contributed by atoms with Crippen LogP contribution in [0.3, 0.4) is 0 Å². The number of benzene rings is 2. The molecule has 30 heavy (non-hydrogen) atoms. The van der Waals surface area contributed by atoms with E-state index in [1.165, 1.54) is 47.7 Å². The molecule has 0 saturated heterocycles. The molecule has 0 saturated carbocycles. The zero-order valence-corrected chi connectivity index (χ0v) is 18.1. The van der Waals surface area contributed by atoms with Gasteiger partial charge in [-0.05, 0) is 79.4 Å². The second-order valence-electron chi connectivity index (χ2n) is 6.25. The fourth-order valence-electron chi connectivity index (χ4n) is 2.52. The minimum absolute atomic E-state index is 0.117. The molecule has 0 radical (unpaired) electrons. The SMILES string of the molecule is CCOc1ccc(S(=O)(=O)Nc2ccc(C(=O)N/N=C/c3sccc3C)cc2)cc1. The molecule has 1 amide bonds. The highest BCUT2D eigenvalue weighted by Crippen LogP contribution is 2.20. The van der Waals surface area contributed by atoms with Crippen LogP contribution in [0.5, 0.6) is 5.75 Å². The molecule has 1 aromatic heterocycles. The number of sulfonamides is 1. The van der Waals surface area contributed by atoms with Crippen molar-refractivity contribution in [2.45, 2.75) is 18.7 Å². The Balaban J connectivity index is 1.62. The van der Waals surface area contributed by atoms with E-state index < -0.39 is 10.0 Å². The number of hydrogen-bond donors (Lipinski definition) is 2. The van der Waals surface area contributed by atoms with Crippen molar-refractivity contribution in [2.24, 2.45) is 5.10 Å². The molecule has 0 aliphatic heterocycles. The average molecular weight is 444 g/mol. The summed E-state index contributed by atoms with van der Waals surface area (Å²) < 4.78 is 32.9. The molecule has 2 aromatic carbocycles. The number of nitrogens with zero attached hydrogens (tertiary/aromatic N) is 1. The first-order valence-electron chi connectivity index (χ1n) is 9.12. The molecular weight excluding hydrogens is 422 g/mol. The lowest BCUT2D eigenvalue weighted by Crippen LogP contribution is -2.18. The van der Waals surface area contributed by atoms with E-state index in [1.54, 1.807) is 18.3 Å². The van der Waals surface area contributed by atoms with Gasteiger partial charge in [-0.15, -0.1) is 11.3 Å². The number of aryl methyl sites for hydroxylation is 1. The van der Waals surface area contributed by atoms with E-state index in [9.17, 15) is 13.2 Å². The minimum Gasteiger partial charge on any atom is -0.494 e. The Morgan fingerprint density at radius 2 is 1.80 bits per heavy atom. The number of thiophene rings is 1. The molecule has 0 fully saturated rings. The normalized spacial score (nSPS) is 11.4. The summed E-state index contributed by atoms with van der Waals surface area (Å²) in [4.78, 5) is 13.3. The van der Waals surface area contributed by atoms with Gasteiger partial charge in [0.05, 0.1) is 17.7 Å². The Morgan fingerprint density at radius 3 is 2.40 bits per heavy atom. The maximum Gasteiger partial charge on any atom is 0.271 e. The number of nitrogens with one attached hydrogen (secondary N) is 2. The van der Waals surface area contributed by atoms with E-state index in [4.69, 9.17) is 4.74 Å². The van der Waals surface area contributed by atoms with Crippen LogP contribution in [0.25, 0.3) is 0 Å². The molecular formula is C21H21N3O4S2. The van der Waals surface area contributed by atoms with Crippen LogP contribution in [0.2, 0.25) is 0 Å². The van der Waals surface area contributed by atoms with E-state index in [0.29, 0.717) is 23.6 Å². The summed E-state index contributed by atoms with van der Waals surface area (Å²) in [5.41, 5.74) is 4.25. The van der Waals surface area contributed by atoms with Crippen molar-refractivity contribution in [3.05, 3.63) is 76.0 Å². The Hall–Kier alpha value is -3.17. The van der Waals surface area contributed by atoms with Crippen molar-refractivity contribution in [2.75, 3.05) is 11.3 Å². The molecule has 156 valence electrons. The summed E-state index contributed by atoms with van der Waals surface area (Å²) in [6.07, 6.45) is 1.59. The molecule has 2 N–H and O–H groups in total. The number of anilines is 1. The maximum absolute atomic E-state index is 12.5. The Kier molecular flexibility index (Phi) is 6.86. The zero-order valence-electron chi connectivity index (χ0n) is 16.5. The lowest BCUT2D eigenvalue weighted by Gasteiger charge is -2.09. The number of hydrogen-bond acceptors (Lipinski definition) is 6. The quantitative estimate of drug-likeness (QED) is 0.406. The van der Waals surface area contributed by atoms with Gasteiger partial charge in [0.15, 0.2) is 0 Å². The molecule has 0 spiro atoms. The molecule has 9 heteroatoms. The predicted octanol–water partition coefficient (Wildman–Crippen LogP) is 4.02. The standard InChI is InChI=1S/C21H21N3O4S2/c1-3-28-18-8-10-19(11-9-18)30(26,27)24-17-6-4-16(5-7-17)21(25)23-22-14-20-15(2)12-13-29-20/h4-14,24H,3H2,1-2H3,(H,23,25)/b22-14+. The van der Waals surface area contributed by atoms with E-state index in [0.717, 1.165) is 10.4 Å². The third kappa shape index (κ3) is 5.46. The average Bonchev–Trinajstić information content (AvgIpc) is 3.13. The van der Waals surface area contributed by atoms with Crippen LogP contribution in [0.15, 0.2) is 70.0 Å². The number of carbonyl (C=O) groups is 1. The smallest absolute Gasteiger partial charge is 0.271 e. The summed E-state index contributed by atoms with van der Waals surface area (Å²) in [6.45, 7) is 4.32. The first-order valence-corrected chi connectivity index (χ1v) is 11.5. The Morgan fingerprint density at radius 1 is 1.10 bits per heavy atom. The summed E-state index contributed by atoms with van der Waals surface area (Å²) >= 11 is 1.53. The van der Waals surface area contributed by atoms with E-state index in [1.807, 2.05) is 25.3 Å². The van der Waals surface area contributed by atoms with Crippen molar-refractivity contribution < 1.29 is 17.9 Å². The minimum atomic E-state index is -3.75. The van der Waals surface area contributed by atoms with Gasteiger partial charge in [0.25, 0.3) is 15.9 Å². The third-order valence-electron chi connectivity index (χ3n) is 4.09. The van der Waals surface area contributed by atoms with Crippen LogP contribution in [0.4, 0.5) is 5.69 Å². The summed E-state index contributed by atoms with van der Waals surface area (Å²) in [5, 5.41) is 5.91. The highest BCUT2D eigenvalue weighted by molar-refractivity contribution is 7.92. The lowest BCUT2D eigenvalue weighted by atomic mass is 10.2. The number of ether oxygens (including phenoxy) is 1. The van der Waals surface area contributed by atoms with Crippen LogP contribution >= 0.6 is 11.3 Å². The molecule has 0 aliphatic rings. The van der Waals surface area contributed by atoms with Crippen molar-refractivity contribution in [1.82, 2.24) is 5.43 Å². The van der Waals surface area contributed by atoms with Crippen LogP contribution in [0, 0.1) is 6.92 Å². The fourth-order valence-corrected chi connectivity index (χ4v) is 4.36. The van der Waals surface area contributed by atoms with Crippen LogP contribution in [-0.4, -0.2) is 27.1 Å². The second kappa shape index (κ2) is 9.55. The van der Waals surface area contributed by atoms with Gasteiger partial charge in [-0.1, -0.05) is 0 Å². The van der Waals surface area contributed by atoms with Gasteiger partial charge >= 0.3 is 0 Å². The molecule has 7 nitrogen and oxygen atoms in total. The van der Waals surface area contributed by atoms with Crippen molar-refractivity contribution >= 4 is 39.2 Å². The molecule has 3 rings (SSSR count). The zero-order chi connectivity index (χ0) is 21.6. The first-order chi connectivity index (χ1) is 14.4. The summed E-state index contributed by atoms with van der Waals surface area (Å²) in [5.74, 6) is 0.213. The van der Waals surface area contributed by atoms with Gasteiger partial charge in [0.1, 0.15) is 5.75 Å². The molecule has 3 aromatic rings. The molecule has 0 unspecified atom stereocenters. The van der Waals surface area contributed by atoms with Crippen molar-refractivity contribution in [3.63, 3.8) is 0 Å². The van der Waals surface area contributed by atoms with Crippen LogP contribution < -0.4 is 14.9 Å². The Labute approximate surface area is 179 Å². The number of carbonyl (C=O) groups excluding carboxylic acids is 1. The highest BCUT2D eigenvalue weighted by atomic mass is 32.2. The van der Waals surface area contributed by atoms with E-state index >= 15 is 0 Å². The molecule has 0 atom stereocenters.